The quantitative estimate of drug-likeness (QED) is 0.0214. The second kappa shape index (κ2) is 46.8. The average Bonchev–Trinajstić information content (AvgIpc) is 3.27. The van der Waals surface area contributed by atoms with E-state index in [1.165, 1.54) is 70.6 Å². The van der Waals surface area contributed by atoms with Crippen LogP contribution in [0, 0.1) is 0 Å². The summed E-state index contributed by atoms with van der Waals surface area (Å²) in [5.41, 5.74) is 0. The number of likely N-dealkylation sites (N-methyl/N-ethyl adjacent to an activating group) is 1. The molecule has 2 atom stereocenters. The van der Waals surface area contributed by atoms with E-state index in [1.807, 2.05) is 21.1 Å². The van der Waals surface area contributed by atoms with Crippen LogP contribution in [0.1, 0.15) is 194 Å². The summed E-state index contributed by atoms with van der Waals surface area (Å²) in [5, 5.41) is 9.66. The monoisotopic (exact) mass is 907 g/mol. The normalized spacial score (nSPS) is 13.7. The number of allylic oxidation sites excluding steroid dienone is 16. The van der Waals surface area contributed by atoms with E-state index in [0.29, 0.717) is 19.3 Å². The third kappa shape index (κ3) is 45.2. The number of carbonyl (C=O) groups excluding carboxylic acids is 2. The molecule has 65 heavy (non-hydrogen) atoms. The second-order valence-corrected chi connectivity index (χ2v) is 18.1. The first-order valence-electron chi connectivity index (χ1n) is 25.8. The van der Waals surface area contributed by atoms with Crippen LogP contribution >= 0.6 is 0 Å². The Labute approximate surface area is 398 Å². The Kier molecular flexibility index (Phi) is 44.1. The molecule has 0 aliphatic heterocycles. The first-order valence-corrected chi connectivity index (χ1v) is 25.8. The van der Waals surface area contributed by atoms with Gasteiger partial charge in [0.05, 0.1) is 34.4 Å². The molecule has 0 fully saturated rings. The van der Waals surface area contributed by atoms with Gasteiger partial charge in [-0.1, -0.05) is 182 Å². The van der Waals surface area contributed by atoms with Crippen molar-refractivity contribution in [2.24, 2.45) is 0 Å². The lowest BCUT2D eigenvalue weighted by Gasteiger charge is -2.31. The molecule has 0 bridgehead atoms. The van der Waals surface area contributed by atoms with Gasteiger partial charge in [-0.2, -0.15) is 0 Å². The van der Waals surface area contributed by atoms with Gasteiger partial charge in [-0.3, -0.25) is 9.59 Å². The number of hydrogen-bond donors (Lipinski definition) is 1. The third-order valence-electron chi connectivity index (χ3n) is 11.0. The van der Waals surface area contributed by atoms with E-state index in [9.17, 15) is 19.5 Å². The molecular formula is C57H96NO7+. The Morgan fingerprint density at radius 3 is 1.38 bits per heavy atom. The number of carboxylic acid groups (broad SMARTS) is 1. The average molecular weight is 907 g/mol. The standard InChI is InChI=1S/C57H95NO7/c1-6-8-10-12-14-16-18-20-22-24-26-27-28-30-31-33-35-37-39-41-43-45-47-55(59)64-52-53(51-63-50-49-54(57(61)62)58(3,4)5)65-56(60)48-46-44-42-40-38-36-34-32-29-25-23-21-19-17-15-13-11-9-7-2/h8,10,14-17,19-22,26-27,30-31,35,37,53-54H,6-7,9,11-13,18,23-25,28-29,32-34,36,38-52H2,1-5H3/p+1/b10-8+,16-14+,17-15+,21-19+,22-20+,27-26+,31-30+,37-35+. The van der Waals surface area contributed by atoms with Crippen molar-refractivity contribution in [3.63, 3.8) is 0 Å². The Morgan fingerprint density at radius 2 is 0.908 bits per heavy atom. The highest BCUT2D eigenvalue weighted by Gasteiger charge is 2.31. The maximum absolute atomic E-state index is 12.8. The highest BCUT2D eigenvalue weighted by Crippen LogP contribution is 2.14. The van der Waals surface area contributed by atoms with E-state index < -0.39 is 18.1 Å². The van der Waals surface area contributed by atoms with Gasteiger partial charge < -0.3 is 23.8 Å². The molecule has 0 aromatic rings. The zero-order valence-electron chi connectivity index (χ0n) is 42.2. The van der Waals surface area contributed by atoms with Gasteiger partial charge in [-0.05, 0) is 89.9 Å². The zero-order valence-corrected chi connectivity index (χ0v) is 42.2. The lowest BCUT2D eigenvalue weighted by Crippen LogP contribution is -2.50. The van der Waals surface area contributed by atoms with Crippen molar-refractivity contribution in [3.8, 4) is 0 Å². The molecule has 0 spiro atoms. The molecule has 0 aliphatic carbocycles. The van der Waals surface area contributed by atoms with Crippen molar-refractivity contribution in [1.29, 1.82) is 0 Å². The summed E-state index contributed by atoms with van der Waals surface area (Å²) in [6.07, 6.45) is 63.1. The zero-order chi connectivity index (χ0) is 47.7. The van der Waals surface area contributed by atoms with Crippen LogP contribution in [0.15, 0.2) is 97.2 Å². The summed E-state index contributed by atoms with van der Waals surface area (Å²) in [7, 11) is 5.52. The third-order valence-corrected chi connectivity index (χ3v) is 11.0. The van der Waals surface area contributed by atoms with E-state index in [4.69, 9.17) is 14.2 Å². The van der Waals surface area contributed by atoms with Crippen molar-refractivity contribution >= 4 is 17.9 Å². The van der Waals surface area contributed by atoms with Gasteiger partial charge in [0.15, 0.2) is 12.1 Å². The van der Waals surface area contributed by atoms with E-state index in [0.717, 1.165) is 89.9 Å². The fraction of sp³-hybridized carbons (Fsp3) is 0.667. The number of unbranched alkanes of at least 4 members (excludes halogenated alkanes) is 16. The second-order valence-electron chi connectivity index (χ2n) is 18.1. The number of ether oxygens (including phenoxy) is 3. The minimum Gasteiger partial charge on any atom is -0.477 e. The molecule has 0 heterocycles. The van der Waals surface area contributed by atoms with E-state index >= 15 is 0 Å². The Balaban J connectivity index is 4.34. The summed E-state index contributed by atoms with van der Waals surface area (Å²) < 4.78 is 17.3. The van der Waals surface area contributed by atoms with Crippen LogP contribution in [0.5, 0.6) is 0 Å². The molecule has 1 N–H and O–H groups in total. The van der Waals surface area contributed by atoms with Crippen LogP contribution < -0.4 is 0 Å². The SMILES string of the molecule is CC/C=C/C/C=C/C/C=C/C/C=C/C/C=C/C/C=C/CCCCCC(=O)OCC(COCCC(C(=O)O)[N+](C)(C)C)OC(=O)CCCCCCCCCCCC/C=C/C=C/CCCCC. The summed E-state index contributed by atoms with van der Waals surface area (Å²) in [6.45, 7) is 4.55. The van der Waals surface area contributed by atoms with Gasteiger partial charge in [-0.25, -0.2) is 4.79 Å². The summed E-state index contributed by atoms with van der Waals surface area (Å²) in [4.78, 5) is 37.2. The predicted octanol–water partition coefficient (Wildman–Crippen LogP) is 15.0. The summed E-state index contributed by atoms with van der Waals surface area (Å²) in [5.74, 6) is -1.52. The number of hydrogen-bond acceptors (Lipinski definition) is 6. The van der Waals surface area contributed by atoms with Crippen LogP contribution in [0.3, 0.4) is 0 Å². The van der Waals surface area contributed by atoms with Crippen LogP contribution in [0.25, 0.3) is 0 Å². The minimum absolute atomic E-state index is 0.0434. The number of esters is 2. The molecule has 0 aromatic heterocycles. The summed E-state index contributed by atoms with van der Waals surface area (Å²) >= 11 is 0. The van der Waals surface area contributed by atoms with Crippen molar-refractivity contribution in [3.05, 3.63) is 97.2 Å². The van der Waals surface area contributed by atoms with Crippen LogP contribution in [0.4, 0.5) is 0 Å². The molecule has 370 valence electrons. The molecule has 8 nitrogen and oxygen atoms in total. The molecule has 0 amide bonds. The van der Waals surface area contributed by atoms with Crippen molar-refractivity contribution in [2.75, 3.05) is 41.0 Å². The molecule has 0 rings (SSSR count). The van der Waals surface area contributed by atoms with Crippen molar-refractivity contribution in [2.45, 2.75) is 206 Å². The van der Waals surface area contributed by atoms with Gasteiger partial charge in [0.25, 0.3) is 0 Å². The Bertz CT molecular complexity index is 1380. The highest BCUT2D eigenvalue weighted by molar-refractivity contribution is 5.72. The molecular weight excluding hydrogens is 811 g/mol. The van der Waals surface area contributed by atoms with Gasteiger partial charge in [0, 0.05) is 19.3 Å². The Morgan fingerprint density at radius 1 is 0.492 bits per heavy atom. The van der Waals surface area contributed by atoms with Crippen molar-refractivity contribution < 1.29 is 38.2 Å². The number of quaternary nitrogens is 1. The molecule has 0 saturated carbocycles. The summed E-state index contributed by atoms with van der Waals surface area (Å²) in [6, 6.07) is -0.627. The maximum atomic E-state index is 12.8. The van der Waals surface area contributed by atoms with Crippen LogP contribution in [-0.2, 0) is 28.6 Å². The Hall–Kier alpha value is -3.75. The number of nitrogens with zero attached hydrogens (tertiary/aromatic N) is 1. The molecule has 0 radical (unpaired) electrons. The van der Waals surface area contributed by atoms with Crippen LogP contribution in [0.2, 0.25) is 0 Å². The molecule has 0 aliphatic rings. The first-order chi connectivity index (χ1) is 31.6. The molecule has 8 heteroatoms. The van der Waals surface area contributed by atoms with Gasteiger partial charge in [0.1, 0.15) is 6.61 Å². The lowest BCUT2D eigenvalue weighted by atomic mass is 10.1. The first kappa shape index (κ1) is 61.2. The van der Waals surface area contributed by atoms with E-state index in [-0.39, 0.29) is 36.2 Å². The van der Waals surface area contributed by atoms with Crippen LogP contribution in [-0.4, -0.2) is 80.6 Å². The molecule has 2 unspecified atom stereocenters. The predicted molar refractivity (Wildman–Crippen MR) is 275 cm³/mol. The van der Waals surface area contributed by atoms with Gasteiger partial charge >= 0.3 is 17.9 Å². The van der Waals surface area contributed by atoms with Crippen molar-refractivity contribution in [1.82, 2.24) is 0 Å². The number of rotatable bonds is 45. The fourth-order valence-electron chi connectivity index (χ4n) is 7.03. The van der Waals surface area contributed by atoms with E-state index in [2.05, 4.69) is 111 Å². The van der Waals surface area contributed by atoms with Gasteiger partial charge in [-0.15, -0.1) is 0 Å². The number of aliphatic carboxylic acids is 1. The number of carbonyl (C=O) groups is 3. The van der Waals surface area contributed by atoms with E-state index in [1.54, 1.807) is 0 Å². The minimum atomic E-state index is -0.883. The number of carboxylic acids is 1. The smallest absolute Gasteiger partial charge is 0.362 e. The molecule has 0 aromatic carbocycles. The maximum Gasteiger partial charge on any atom is 0.362 e. The lowest BCUT2D eigenvalue weighted by molar-refractivity contribution is -0.887. The van der Waals surface area contributed by atoms with Gasteiger partial charge in [0.2, 0.25) is 0 Å². The molecule has 0 saturated heterocycles. The highest BCUT2D eigenvalue weighted by atomic mass is 16.6. The fourth-order valence-corrected chi connectivity index (χ4v) is 7.03. The topological polar surface area (TPSA) is 99.1 Å². The largest absolute Gasteiger partial charge is 0.477 e.